The molecule has 0 fully saturated rings. The minimum Gasteiger partial charge on any atom is -0.362 e. The van der Waals surface area contributed by atoms with Gasteiger partial charge in [0.05, 0.1) is 29.8 Å². The van der Waals surface area contributed by atoms with Crippen molar-refractivity contribution >= 4 is 28.3 Å². The maximum absolute atomic E-state index is 12.6. The van der Waals surface area contributed by atoms with Gasteiger partial charge in [0.25, 0.3) is 0 Å². The highest BCUT2D eigenvalue weighted by molar-refractivity contribution is 6.31. The monoisotopic (exact) mass is 317 g/mol. The molecule has 0 aliphatic carbocycles. The third kappa shape index (κ3) is 2.35. The van der Waals surface area contributed by atoms with Crippen LogP contribution in [0, 0.1) is 0 Å². The summed E-state index contributed by atoms with van der Waals surface area (Å²) < 4.78 is 1.63. The summed E-state index contributed by atoms with van der Waals surface area (Å²) in [5.74, 6) is 0.629. The summed E-state index contributed by atoms with van der Waals surface area (Å²) in [5, 5.41) is 1.45. The number of nitrogens with zero attached hydrogens (tertiary/aromatic N) is 4. The molecule has 22 heavy (non-hydrogen) atoms. The van der Waals surface area contributed by atoms with Crippen molar-refractivity contribution in [2.75, 3.05) is 19.0 Å². The van der Waals surface area contributed by atoms with E-state index in [-0.39, 0.29) is 11.7 Å². The normalized spacial score (nSPS) is 12.5. The van der Waals surface area contributed by atoms with Crippen molar-refractivity contribution in [3.63, 3.8) is 0 Å². The molecule has 0 spiro atoms. The second kappa shape index (κ2) is 5.46. The van der Waals surface area contributed by atoms with Gasteiger partial charge in [0.15, 0.2) is 0 Å². The Morgan fingerprint density at radius 1 is 1.36 bits per heavy atom. The summed E-state index contributed by atoms with van der Waals surface area (Å²) in [5.41, 5.74) is 1.27. The smallest absolute Gasteiger partial charge is 0.350 e. The number of H-pyrrole nitrogens is 1. The largest absolute Gasteiger partial charge is 0.362 e. The van der Waals surface area contributed by atoms with Gasteiger partial charge in [0.1, 0.15) is 5.82 Å². The molecule has 0 amide bonds. The summed E-state index contributed by atoms with van der Waals surface area (Å²) >= 11 is 6.13. The number of aromatic amines is 1. The fourth-order valence-corrected chi connectivity index (χ4v) is 2.72. The Hall–Kier alpha value is -2.34. The molecule has 1 unspecified atom stereocenters. The summed E-state index contributed by atoms with van der Waals surface area (Å²) in [4.78, 5) is 25.6. The van der Waals surface area contributed by atoms with E-state index in [1.165, 1.54) is 0 Å². The molecule has 6 nitrogen and oxygen atoms in total. The maximum atomic E-state index is 12.6. The van der Waals surface area contributed by atoms with Crippen molar-refractivity contribution in [2.24, 2.45) is 0 Å². The lowest BCUT2D eigenvalue weighted by Gasteiger charge is -2.20. The van der Waals surface area contributed by atoms with Crippen molar-refractivity contribution in [2.45, 2.75) is 13.0 Å². The number of hydrogen-bond acceptors (Lipinski definition) is 4. The van der Waals surface area contributed by atoms with Gasteiger partial charge in [-0.05, 0) is 25.1 Å². The molecule has 7 heteroatoms. The number of nitrogens with one attached hydrogen (secondary N) is 1. The topological polar surface area (TPSA) is 66.8 Å². The Bertz CT molecular complexity index is 870. The van der Waals surface area contributed by atoms with E-state index in [2.05, 4.69) is 15.0 Å². The van der Waals surface area contributed by atoms with Crippen LogP contribution >= 0.6 is 11.6 Å². The Labute approximate surface area is 132 Å². The number of benzene rings is 1. The fourth-order valence-electron chi connectivity index (χ4n) is 2.55. The lowest BCUT2D eigenvalue weighted by Crippen LogP contribution is -2.29. The summed E-state index contributed by atoms with van der Waals surface area (Å²) in [6.07, 6.45) is 3.29. The average molecular weight is 318 g/mol. The van der Waals surface area contributed by atoms with Gasteiger partial charge in [-0.15, -0.1) is 0 Å². The zero-order valence-corrected chi connectivity index (χ0v) is 13.3. The van der Waals surface area contributed by atoms with E-state index in [1.54, 1.807) is 29.2 Å². The highest BCUT2D eigenvalue weighted by Crippen LogP contribution is 2.27. The highest BCUT2D eigenvalue weighted by atomic mass is 35.5. The van der Waals surface area contributed by atoms with Crippen LogP contribution in [0.1, 0.15) is 18.7 Å². The third-order valence-corrected chi connectivity index (χ3v) is 3.88. The maximum Gasteiger partial charge on any atom is 0.350 e. The van der Waals surface area contributed by atoms with E-state index in [0.29, 0.717) is 10.8 Å². The van der Waals surface area contributed by atoms with Gasteiger partial charge in [-0.25, -0.2) is 9.78 Å². The predicted molar refractivity (Wildman–Crippen MR) is 87.7 cm³/mol. The van der Waals surface area contributed by atoms with Crippen molar-refractivity contribution < 1.29 is 0 Å². The summed E-state index contributed by atoms with van der Waals surface area (Å²) in [7, 11) is 3.72. The predicted octanol–water partition coefficient (Wildman–Crippen LogP) is 2.45. The van der Waals surface area contributed by atoms with Crippen molar-refractivity contribution in [1.82, 2.24) is 19.5 Å². The van der Waals surface area contributed by atoms with E-state index in [9.17, 15) is 4.79 Å². The minimum absolute atomic E-state index is 0.223. The minimum atomic E-state index is -0.319. The van der Waals surface area contributed by atoms with Crippen LogP contribution in [0.15, 0.2) is 35.5 Å². The quantitative estimate of drug-likeness (QED) is 0.805. The SMILES string of the molecule is CC(c1cnc[nH]1)n1c(=O)nc(N(C)C)c2ccc(Cl)cc21. The first kappa shape index (κ1) is 14.6. The number of imidazole rings is 1. The Morgan fingerprint density at radius 3 is 2.77 bits per heavy atom. The van der Waals surface area contributed by atoms with Crippen LogP contribution in [0.2, 0.25) is 5.02 Å². The standard InChI is InChI=1S/C15H16ClN5O/c1-9(12-7-17-8-18-12)21-13-6-10(16)4-5-11(13)14(20(2)3)19-15(21)22/h4-9H,1-3H3,(H,17,18). The van der Waals surface area contributed by atoms with Crippen LogP contribution in [0.3, 0.4) is 0 Å². The first-order valence-corrected chi connectivity index (χ1v) is 7.24. The third-order valence-electron chi connectivity index (χ3n) is 3.65. The van der Waals surface area contributed by atoms with Crippen molar-refractivity contribution in [3.05, 3.63) is 51.9 Å². The number of aromatic nitrogens is 4. The molecule has 1 N–H and O–H groups in total. The van der Waals surface area contributed by atoms with Crippen LogP contribution in [0.25, 0.3) is 10.9 Å². The summed E-state index contributed by atoms with van der Waals surface area (Å²) in [6, 6.07) is 5.25. The molecule has 1 atom stereocenters. The number of hydrogen-bond donors (Lipinski definition) is 1. The van der Waals surface area contributed by atoms with Crippen LogP contribution in [-0.2, 0) is 0 Å². The number of rotatable bonds is 3. The van der Waals surface area contributed by atoms with Gasteiger partial charge in [-0.3, -0.25) is 4.57 Å². The van der Waals surface area contributed by atoms with Gasteiger partial charge in [-0.2, -0.15) is 4.98 Å². The molecule has 3 aromatic rings. The molecule has 0 saturated carbocycles. The van der Waals surface area contributed by atoms with Crippen molar-refractivity contribution in [3.8, 4) is 0 Å². The zero-order valence-electron chi connectivity index (χ0n) is 12.5. The molecule has 0 bridgehead atoms. The lowest BCUT2D eigenvalue weighted by molar-refractivity contribution is 0.608. The van der Waals surface area contributed by atoms with Gasteiger partial charge in [0.2, 0.25) is 0 Å². The molecule has 2 heterocycles. The molecule has 0 saturated heterocycles. The fraction of sp³-hybridized carbons (Fsp3) is 0.267. The van der Waals surface area contributed by atoms with Crippen LogP contribution in [0.4, 0.5) is 5.82 Å². The molecule has 1 aromatic carbocycles. The van der Waals surface area contributed by atoms with Crippen LogP contribution in [-0.4, -0.2) is 33.6 Å². The number of halogens is 1. The molecular formula is C15H16ClN5O. The molecule has 2 aromatic heterocycles. The van der Waals surface area contributed by atoms with Gasteiger partial charge < -0.3 is 9.88 Å². The Kier molecular flexibility index (Phi) is 3.62. The molecule has 3 rings (SSSR count). The number of fused-ring (bicyclic) bond motifs is 1. The zero-order chi connectivity index (χ0) is 15.9. The number of anilines is 1. The van der Waals surface area contributed by atoms with Gasteiger partial charge in [-0.1, -0.05) is 11.6 Å². The summed E-state index contributed by atoms with van der Waals surface area (Å²) in [6.45, 7) is 1.92. The van der Waals surface area contributed by atoms with E-state index in [4.69, 9.17) is 11.6 Å². The average Bonchev–Trinajstić information content (AvgIpc) is 2.99. The Morgan fingerprint density at radius 2 is 2.14 bits per heavy atom. The highest BCUT2D eigenvalue weighted by Gasteiger charge is 2.18. The molecule has 0 radical (unpaired) electrons. The molecule has 114 valence electrons. The molecule has 0 aliphatic heterocycles. The van der Waals surface area contributed by atoms with E-state index >= 15 is 0 Å². The first-order valence-electron chi connectivity index (χ1n) is 6.86. The van der Waals surface area contributed by atoms with Gasteiger partial charge >= 0.3 is 5.69 Å². The van der Waals surface area contributed by atoms with Crippen molar-refractivity contribution in [1.29, 1.82) is 0 Å². The van der Waals surface area contributed by atoms with Gasteiger partial charge in [0, 0.05) is 24.5 Å². The first-order chi connectivity index (χ1) is 10.5. The van der Waals surface area contributed by atoms with E-state index < -0.39 is 0 Å². The second-order valence-electron chi connectivity index (χ2n) is 5.33. The van der Waals surface area contributed by atoms with E-state index in [0.717, 1.165) is 16.6 Å². The molecule has 0 aliphatic rings. The second-order valence-corrected chi connectivity index (χ2v) is 5.76. The molecular weight excluding hydrogens is 302 g/mol. The van der Waals surface area contributed by atoms with E-state index in [1.807, 2.05) is 32.0 Å². The van der Waals surface area contributed by atoms with Crippen LogP contribution < -0.4 is 10.6 Å². The Balaban J connectivity index is 2.35. The lowest BCUT2D eigenvalue weighted by atomic mass is 10.2. The van der Waals surface area contributed by atoms with Crippen LogP contribution in [0.5, 0.6) is 0 Å².